The smallest absolute Gasteiger partial charge is 0.254 e. The van der Waals surface area contributed by atoms with Gasteiger partial charge in [-0.15, -0.1) is 0 Å². The summed E-state index contributed by atoms with van der Waals surface area (Å²) in [6.07, 6.45) is 3.30. The highest BCUT2D eigenvalue weighted by molar-refractivity contribution is 5.94. The van der Waals surface area contributed by atoms with Gasteiger partial charge in [-0.3, -0.25) is 4.79 Å². The molecular weight excluding hydrogens is 245 g/mol. The molecule has 2 unspecified atom stereocenters. The van der Waals surface area contributed by atoms with Crippen LogP contribution in [0.2, 0.25) is 0 Å². The van der Waals surface area contributed by atoms with Gasteiger partial charge in [-0.1, -0.05) is 18.6 Å². The molecule has 1 aliphatic rings. The van der Waals surface area contributed by atoms with Gasteiger partial charge < -0.3 is 10.4 Å². The maximum atomic E-state index is 13.8. The second-order valence-corrected chi connectivity index (χ2v) is 5.33. The van der Waals surface area contributed by atoms with Crippen LogP contribution in [-0.2, 0) is 0 Å². The summed E-state index contributed by atoms with van der Waals surface area (Å²) >= 11 is 0. The molecule has 0 radical (unpaired) electrons. The van der Waals surface area contributed by atoms with E-state index < -0.39 is 5.82 Å². The van der Waals surface area contributed by atoms with Crippen LogP contribution in [0.15, 0.2) is 18.2 Å². The van der Waals surface area contributed by atoms with E-state index in [0.29, 0.717) is 18.0 Å². The fourth-order valence-corrected chi connectivity index (χ4v) is 2.60. The molecule has 0 aromatic heterocycles. The number of benzene rings is 1. The monoisotopic (exact) mass is 265 g/mol. The molecule has 0 saturated heterocycles. The van der Waals surface area contributed by atoms with Gasteiger partial charge in [0.15, 0.2) is 0 Å². The Morgan fingerprint density at radius 2 is 2.26 bits per heavy atom. The van der Waals surface area contributed by atoms with E-state index in [0.717, 1.165) is 25.7 Å². The molecule has 1 aliphatic carbocycles. The van der Waals surface area contributed by atoms with Crippen LogP contribution in [0.3, 0.4) is 0 Å². The van der Waals surface area contributed by atoms with Crippen molar-refractivity contribution < 1.29 is 14.3 Å². The van der Waals surface area contributed by atoms with Crippen LogP contribution >= 0.6 is 0 Å². The predicted molar refractivity (Wildman–Crippen MR) is 71.4 cm³/mol. The fourth-order valence-electron chi connectivity index (χ4n) is 2.60. The van der Waals surface area contributed by atoms with Gasteiger partial charge in [-0.25, -0.2) is 4.39 Å². The summed E-state index contributed by atoms with van der Waals surface area (Å²) in [6, 6.07) is 4.81. The number of hydrogen-bond acceptors (Lipinski definition) is 2. The number of aliphatic hydroxyl groups excluding tert-OH is 1. The third-order valence-corrected chi connectivity index (χ3v) is 3.74. The molecule has 1 fully saturated rings. The topological polar surface area (TPSA) is 49.3 Å². The fraction of sp³-hybridized carbons (Fsp3) is 0.533. The summed E-state index contributed by atoms with van der Waals surface area (Å²) < 4.78 is 13.8. The Kier molecular flexibility index (Phi) is 4.53. The predicted octanol–water partition coefficient (Wildman–Crippen LogP) is 2.42. The van der Waals surface area contributed by atoms with Crippen molar-refractivity contribution in [2.75, 3.05) is 6.54 Å². The summed E-state index contributed by atoms with van der Waals surface area (Å²) in [5, 5.41) is 12.3. The minimum absolute atomic E-state index is 0.0938. The number of amides is 1. The molecule has 1 aromatic rings. The van der Waals surface area contributed by atoms with Crippen molar-refractivity contribution in [2.45, 2.75) is 38.7 Å². The number of hydrogen-bond donors (Lipinski definition) is 2. The number of carbonyl (C=O) groups excluding carboxylic acids is 1. The molecule has 2 rings (SSSR count). The van der Waals surface area contributed by atoms with Gasteiger partial charge in [-0.2, -0.15) is 0 Å². The maximum absolute atomic E-state index is 13.8. The molecule has 4 heteroatoms. The molecule has 2 N–H and O–H groups in total. The molecular formula is C15H20FNO2. The Morgan fingerprint density at radius 3 is 3.00 bits per heavy atom. The van der Waals surface area contributed by atoms with Crippen LogP contribution < -0.4 is 5.32 Å². The van der Waals surface area contributed by atoms with E-state index in [4.69, 9.17) is 0 Å². The number of nitrogens with one attached hydrogen (secondary N) is 1. The van der Waals surface area contributed by atoms with E-state index in [1.165, 1.54) is 6.07 Å². The molecule has 3 nitrogen and oxygen atoms in total. The highest BCUT2D eigenvalue weighted by atomic mass is 19.1. The highest BCUT2D eigenvalue weighted by Gasteiger charge is 2.21. The van der Waals surface area contributed by atoms with E-state index in [2.05, 4.69) is 5.32 Å². The molecule has 1 amide bonds. The molecule has 0 bridgehead atoms. The first-order chi connectivity index (χ1) is 9.08. The molecule has 1 aromatic carbocycles. The zero-order valence-corrected chi connectivity index (χ0v) is 11.2. The minimum Gasteiger partial charge on any atom is -0.393 e. The molecule has 0 aliphatic heterocycles. The van der Waals surface area contributed by atoms with Crippen molar-refractivity contribution in [2.24, 2.45) is 5.92 Å². The van der Waals surface area contributed by atoms with E-state index in [-0.39, 0.29) is 17.6 Å². The van der Waals surface area contributed by atoms with Gasteiger partial charge in [0.25, 0.3) is 5.91 Å². The standard InChI is InChI=1S/C15H20FNO2/c1-10-4-2-7-13(14(10)16)15(19)17-9-11-5-3-6-12(18)8-11/h2,4,7,11-12,18H,3,5-6,8-9H2,1H3,(H,17,19). The van der Waals surface area contributed by atoms with Gasteiger partial charge in [0.05, 0.1) is 11.7 Å². The summed E-state index contributed by atoms with van der Waals surface area (Å²) in [5.74, 6) is -0.537. The Morgan fingerprint density at radius 1 is 1.47 bits per heavy atom. The van der Waals surface area contributed by atoms with Crippen LogP contribution in [0.4, 0.5) is 4.39 Å². The first-order valence-electron chi connectivity index (χ1n) is 6.79. The van der Waals surface area contributed by atoms with Crippen LogP contribution in [0.5, 0.6) is 0 Å². The van der Waals surface area contributed by atoms with Crippen LogP contribution in [0.1, 0.15) is 41.6 Å². The second-order valence-electron chi connectivity index (χ2n) is 5.33. The summed E-state index contributed by atoms with van der Waals surface area (Å²) in [5.41, 5.74) is 0.567. The van der Waals surface area contributed by atoms with Crippen LogP contribution in [0.25, 0.3) is 0 Å². The number of halogens is 1. The van der Waals surface area contributed by atoms with Gasteiger partial charge in [-0.05, 0) is 43.7 Å². The van der Waals surface area contributed by atoms with Crippen molar-refractivity contribution in [3.63, 3.8) is 0 Å². The second kappa shape index (κ2) is 6.15. The van der Waals surface area contributed by atoms with Crippen molar-refractivity contribution in [3.8, 4) is 0 Å². The lowest BCUT2D eigenvalue weighted by Gasteiger charge is -2.25. The van der Waals surface area contributed by atoms with E-state index in [1.54, 1.807) is 19.1 Å². The lowest BCUT2D eigenvalue weighted by Crippen LogP contribution is -2.33. The maximum Gasteiger partial charge on any atom is 0.254 e. The molecule has 19 heavy (non-hydrogen) atoms. The molecule has 2 atom stereocenters. The first kappa shape index (κ1) is 14.0. The summed E-state index contributed by atoms with van der Waals surface area (Å²) in [7, 11) is 0. The highest BCUT2D eigenvalue weighted by Crippen LogP contribution is 2.23. The minimum atomic E-state index is -0.455. The third kappa shape index (κ3) is 3.53. The van der Waals surface area contributed by atoms with Gasteiger partial charge in [0, 0.05) is 6.54 Å². The SMILES string of the molecule is Cc1cccc(C(=O)NCC2CCCC(O)C2)c1F. The normalized spacial score (nSPS) is 23.1. The van der Waals surface area contributed by atoms with Gasteiger partial charge in [0.2, 0.25) is 0 Å². The van der Waals surface area contributed by atoms with Crippen molar-refractivity contribution in [1.82, 2.24) is 5.32 Å². The molecule has 0 heterocycles. The average molecular weight is 265 g/mol. The zero-order chi connectivity index (χ0) is 13.8. The van der Waals surface area contributed by atoms with Crippen molar-refractivity contribution >= 4 is 5.91 Å². The Labute approximate surface area is 112 Å². The van der Waals surface area contributed by atoms with Gasteiger partial charge in [0.1, 0.15) is 5.82 Å². The van der Waals surface area contributed by atoms with Gasteiger partial charge >= 0.3 is 0 Å². The first-order valence-corrected chi connectivity index (χ1v) is 6.79. The lowest BCUT2D eigenvalue weighted by molar-refractivity contribution is 0.0870. The third-order valence-electron chi connectivity index (χ3n) is 3.74. The summed E-state index contributed by atoms with van der Waals surface area (Å²) in [6.45, 7) is 2.15. The van der Waals surface area contributed by atoms with Crippen LogP contribution in [-0.4, -0.2) is 23.7 Å². The number of aliphatic hydroxyl groups is 1. The van der Waals surface area contributed by atoms with Crippen LogP contribution in [0, 0.1) is 18.7 Å². The van der Waals surface area contributed by atoms with E-state index >= 15 is 0 Å². The lowest BCUT2D eigenvalue weighted by atomic mass is 9.87. The van der Waals surface area contributed by atoms with Crippen molar-refractivity contribution in [1.29, 1.82) is 0 Å². The molecule has 1 saturated carbocycles. The van der Waals surface area contributed by atoms with Crippen molar-refractivity contribution in [3.05, 3.63) is 35.1 Å². The number of rotatable bonds is 3. The summed E-state index contributed by atoms with van der Waals surface area (Å²) in [4.78, 5) is 11.9. The Bertz CT molecular complexity index is 461. The Balaban J connectivity index is 1.92. The Hall–Kier alpha value is -1.42. The van der Waals surface area contributed by atoms with E-state index in [1.807, 2.05) is 0 Å². The number of aryl methyl sites for hydroxylation is 1. The number of carbonyl (C=O) groups is 1. The largest absolute Gasteiger partial charge is 0.393 e. The quantitative estimate of drug-likeness (QED) is 0.881. The zero-order valence-electron chi connectivity index (χ0n) is 11.2. The van der Waals surface area contributed by atoms with E-state index in [9.17, 15) is 14.3 Å². The average Bonchev–Trinajstić information content (AvgIpc) is 2.39. The molecule has 104 valence electrons. The molecule has 0 spiro atoms.